The molecule has 1 N–H and O–H groups in total. The van der Waals surface area contributed by atoms with E-state index in [4.69, 9.17) is 23.2 Å². The van der Waals surface area contributed by atoms with E-state index in [-0.39, 0.29) is 23.9 Å². The molecule has 2 amide bonds. The van der Waals surface area contributed by atoms with Crippen LogP contribution in [0.25, 0.3) is 0 Å². The Kier molecular flexibility index (Phi) is 9.48. The van der Waals surface area contributed by atoms with Crippen LogP contribution in [0, 0.1) is 17.8 Å². The summed E-state index contributed by atoms with van der Waals surface area (Å²) in [6.45, 7) is 1.55. The fourth-order valence-corrected chi connectivity index (χ4v) is 10.4. The van der Waals surface area contributed by atoms with Crippen LogP contribution >= 0.6 is 23.2 Å². The molecule has 0 heterocycles. The minimum absolute atomic E-state index is 0.0912. The minimum Gasteiger partial charge on any atom is -0.352 e. The topological polar surface area (TPSA) is 86.8 Å². The third kappa shape index (κ3) is 7.03. The molecule has 5 aliphatic rings. The van der Waals surface area contributed by atoms with Crippen LogP contribution in [0.1, 0.15) is 88.7 Å². The zero-order valence-electron chi connectivity index (χ0n) is 26.3. The van der Waals surface area contributed by atoms with Crippen molar-refractivity contribution >= 4 is 50.7 Å². The first-order valence-electron chi connectivity index (χ1n) is 16.6. The van der Waals surface area contributed by atoms with E-state index in [2.05, 4.69) is 17.4 Å². The smallest absolute Gasteiger partial charge is 0.244 e. The van der Waals surface area contributed by atoms with Gasteiger partial charge in [-0.1, -0.05) is 61.2 Å². The quantitative estimate of drug-likeness (QED) is 0.276. The fourth-order valence-electron chi connectivity index (χ4n) is 9.18. The molecule has 7 rings (SSSR count). The number of halogens is 2. The van der Waals surface area contributed by atoms with Gasteiger partial charge in [-0.15, -0.1) is 0 Å². The first-order valence-corrected chi connectivity index (χ1v) is 19.2. The number of nitrogens with zero attached hydrogens (tertiary/aromatic N) is 2. The van der Waals surface area contributed by atoms with Gasteiger partial charge in [0.15, 0.2) is 0 Å². The summed E-state index contributed by atoms with van der Waals surface area (Å²) in [6.07, 6.45) is 13.2. The Bertz CT molecular complexity index is 1490. The first-order chi connectivity index (χ1) is 21.4. The van der Waals surface area contributed by atoms with Gasteiger partial charge in [0.2, 0.25) is 21.8 Å². The molecule has 4 bridgehead atoms. The molecule has 0 unspecified atom stereocenters. The summed E-state index contributed by atoms with van der Waals surface area (Å²) in [6, 6.07) is 12.3. The van der Waals surface area contributed by atoms with E-state index in [1.807, 2.05) is 19.1 Å². The number of sulfonamides is 1. The van der Waals surface area contributed by atoms with Crippen LogP contribution < -0.4 is 9.62 Å². The van der Waals surface area contributed by atoms with Crippen LogP contribution in [0.15, 0.2) is 42.5 Å². The van der Waals surface area contributed by atoms with Gasteiger partial charge in [-0.25, -0.2) is 8.42 Å². The lowest BCUT2D eigenvalue weighted by Gasteiger charge is -2.57. The van der Waals surface area contributed by atoms with Crippen LogP contribution in [-0.4, -0.2) is 50.0 Å². The second-order valence-corrected chi connectivity index (χ2v) is 16.9. The average Bonchev–Trinajstić information content (AvgIpc) is 3.49. The molecule has 0 saturated heterocycles. The molecule has 1 atom stereocenters. The van der Waals surface area contributed by atoms with Crippen LogP contribution in [0.3, 0.4) is 0 Å². The van der Waals surface area contributed by atoms with Gasteiger partial charge in [0, 0.05) is 12.6 Å². The van der Waals surface area contributed by atoms with Crippen molar-refractivity contribution in [2.24, 2.45) is 17.8 Å². The summed E-state index contributed by atoms with van der Waals surface area (Å²) in [5.74, 6) is 1.74. The predicted octanol–water partition coefficient (Wildman–Crippen LogP) is 7.09. The van der Waals surface area contributed by atoms with Crippen molar-refractivity contribution < 1.29 is 18.0 Å². The Hall–Kier alpha value is -2.29. The molecule has 0 spiro atoms. The summed E-state index contributed by atoms with van der Waals surface area (Å²) < 4.78 is 27.5. The second kappa shape index (κ2) is 13.1. The number of rotatable bonds is 11. The Morgan fingerprint density at radius 1 is 0.933 bits per heavy atom. The van der Waals surface area contributed by atoms with Crippen LogP contribution in [-0.2, 0) is 31.6 Å². The van der Waals surface area contributed by atoms with Gasteiger partial charge in [-0.05, 0) is 116 Å². The number of anilines is 1. The number of amides is 2. The summed E-state index contributed by atoms with van der Waals surface area (Å²) in [7, 11) is -3.81. The predicted molar refractivity (Wildman–Crippen MR) is 180 cm³/mol. The maximum absolute atomic E-state index is 14.1. The molecule has 10 heteroatoms. The van der Waals surface area contributed by atoms with Crippen LogP contribution in [0.2, 0.25) is 10.0 Å². The Balaban J connectivity index is 1.25. The number of hydrogen-bond acceptors (Lipinski definition) is 4. The maximum Gasteiger partial charge on any atom is 0.244 e. The highest BCUT2D eigenvalue weighted by atomic mass is 35.5. The molecule has 2 aromatic carbocycles. The van der Waals surface area contributed by atoms with Gasteiger partial charge < -0.3 is 10.2 Å². The molecule has 0 radical (unpaired) electrons. The Labute approximate surface area is 278 Å². The second-order valence-electron chi connectivity index (χ2n) is 14.2. The summed E-state index contributed by atoms with van der Waals surface area (Å²) >= 11 is 12.4. The lowest BCUT2D eigenvalue weighted by Crippen LogP contribution is -2.53. The SMILES string of the molecule is CC[C@H](C(=O)NC1CCCC1)N(Cc1ccc(Cl)c(Cl)c1)C(=O)CN(c1ccc(C23CC4CC(CC(C4)C2)C3)cc1)S(C)(=O)=O. The van der Waals surface area contributed by atoms with Gasteiger partial charge in [0.25, 0.3) is 0 Å². The van der Waals surface area contributed by atoms with Crippen molar-refractivity contribution in [3.63, 3.8) is 0 Å². The van der Waals surface area contributed by atoms with E-state index in [0.717, 1.165) is 49.7 Å². The molecule has 244 valence electrons. The highest BCUT2D eigenvalue weighted by Gasteiger charge is 2.51. The zero-order valence-corrected chi connectivity index (χ0v) is 28.6. The van der Waals surface area contributed by atoms with E-state index in [1.165, 1.54) is 53.3 Å². The van der Waals surface area contributed by atoms with E-state index < -0.39 is 28.5 Å². The van der Waals surface area contributed by atoms with Gasteiger partial charge in [0.1, 0.15) is 12.6 Å². The van der Waals surface area contributed by atoms with Crippen molar-refractivity contribution in [2.45, 2.75) is 102 Å². The summed E-state index contributed by atoms with van der Waals surface area (Å²) in [5.41, 5.74) is 2.64. The molecule has 0 aliphatic heterocycles. The van der Waals surface area contributed by atoms with Crippen LogP contribution in [0.4, 0.5) is 5.69 Å². The normalized spacial score (nSPS) is 26.5. The minimum atomic E-state index is -3.81. The van der Waals surface area contributed by atoms with E-state index in [9.17, 15) is 18.0 Å². The number of carbonyl (C=O) groups is 2. The van der Waals surface area contributed by atoms with E-state index in [1.54, 1.807) is 18.2 Å². The Morgan fingerprint density at radius 3 is 2.07 bits per heavy atom. The molecular weight excluding hydrogens is 629 g/mol. The highest BCUT2D eigenvalue weighted by molar-refractivity contribution is 7.92. The molecule has 0 aromatic heterocycles. The first kappa shape index (κ1) is 32.6. The van der Waals surface area contributed by atoms with Crippen molar-refractivity contribution in [1.29, 1.82) is 0 Å². The molecule has 5 saturated carbocycles. The molecule has 5 aliphatic carbocycles. The maximum atomic E-state index is 14.1. The van der Waals surface area contributed by atoms with Crippen molar-refractivity contribution in [3.05, 3.63) is 63.6 Å². The molecule has 2 aromatic rings. The third-order valence-electron chi connectivity index (χ3n) is 10.9. The van der Waals surface area contributed by atoms with Gasteiger partial charge in [-0.2, -0.15) is 0 Å². The van der Waals surface area contributed by atoms with Gasteiger partial charge >= 0.3 is 0 Å². The number of nitrogens with one attached hydrogen (secondary N) is 1. The zero-order chi connectivity index (χ0) is 31.9. The number of hydrogen-bond donors (Lipinski definition) is 1. The molecule has 5 fully saturated rings. The lowest BCUT2D eigenvalue weighted by molar-refractivity contribution is -0.140. The fraction of sp³-hybridized carbons (Fsp3) is 0.600. The third-order valence-corrected chi connectivity index (χ3v) is 12.8. The van der Waals surface area contributed by atoms with Crippen molar-refractivity contribution in [1.82, 2.24) is 10.2 Å². The molecule has 45 heavy (non-hydrogen) atoms. The number of carbonyl (C=O) groups excluding carboxylic acids is 2. The van der Waals surface area contributed by atoms with E-state index in [0.29, 0.717) is 27.7 Å². The van der Waals surface area contributed by atoms with E-state index >= 15 is 0 Å². The lowest BCUT2D eigenvalue weighted by atomic mass is 9.48. The van der Waals surface area contributed by atoms with Crippen molar-refractivity contribution in [3.8, 4) is 0 Å². The van der Waals surface area contributed by atoms with Gasteiger partial charge in [0.05, 0.1) is 22.0 Å². The standard InChI is InChI=1S/C35H45Cl2N3O4S/c1-3-32(34(42)38-28-6-4-5-7-28)39(21-23-8-13-30(36)31(37)17-23)33(41)22-40(45(2,43)44)29-11-9-27(10-12-29)35-18-24-14-25(19-35)16-26(15-24)20-35/h8-13,17,24-26,28,32H,3-7,14-16,18-22H2,1-2H3,(H,38,42)/t24?,25?,26?,32-,35?/m1/s1. The Morgan fingerprint density at radius 2 is 1.53 bits per heavy atom. The monoisotopic (exact) mass is 673 g/mol. The largest absolute Gasteiger partial charge is 0.352 e. The molecule has 7 nitrogen and oxygen atoms in total. The molecular formula is C35H45Cl2N3O4S. The summed E-state index contributed by atoms with van der Waals surface area (Å²) in [5, 5.41) is 3.88. The van der Waals surface area contributed by atoms with Crippen LogP contribution in [0.5, 0.6) is 0 Å². The van der Waals surface area contributed by atoms with Gasteiger partial charge in [-0.3, -0.25) is 13.9 Å². The highest BCUT2D eigenvalue weighted by Crippen LogP contribution is 2.60. The number of benzene rings is 2. The van der Waals surface area contributed by atoms with Crippen molar-refractivity contribution in [2.75, 3.05) is 17.1 Å². The average molecular weight is 675 g/mol. The summed E-state index contributed by atoms with van der Waals surface area (Å²) in [4.78, 5) is 29.2.